The molecule has 0 unspecified atom stereocenters. The summed E-state index contributed by atoms with van der Waals surface area (Å²) in [7, 11) is 0. The zero-order valence-electron chi connectivity index (χ0n) is 13.5. The number of hydrogen-bond acceptors (Lipinski definition) is 7. The van der Waals surface area contributed by atoms with Crippen molar-refractivity contribution >= 4 is 23.7 Å². The molecule has 1 aromatic rings. The van der Waals surface area contributed by atoms with Gasteiger partial charge in [0.25, 0.3) is 11.8 Å². The Kier molecular flexibility index (Phi) is 3.53. The number of phenolic OH excluding ortho intramolecular Hbond substituents is 2. The van der Waals surface area contributed by atoms with Crippen molar-refractivity contribution in [1.82, 2.24) is 5.01 Å². The Balaban J connectivity index is 1.64. The Hall–Kier alpha value is -3.23. The van der Waals surface area contributed by atoms with Crippen molar-refractivity contribution in [3.05, 3.63) is 40.0 Å². The fraction of sp³-hybridized carbons (Fsp3) is 0.353. The second-order valence-electron chi connectivity index (χ2n) is 6.73. The van der Waals surface area contributed by atoms with Crippen molar-refractivity contribution in [2.45, 2.75) is 12.8 Å². The van der Waals surface area contributed by atoms with E-state index in [1.165, 1.54) is 0 Å². The van der Waals surface area contributed by atoms with Gasteiger partial charge < -0.3 is 10.2 Å². The predicted molar refractivity (Wildman–Crippen MR) is 88.2 cm³/mol. The van der Waals surface area contributed by atoms with Gasteiger partial charge in [0.2, 0.25) is 0 Å². The van der Waals surface area contributed by atoms with Crippen molar-refractivity contribution < 1.29 is 24.7 Å². The van der Waals surface area contributed by atoms with Crippen LogP contribution in [0.25, 0.3) is 0 Å². The van der Waals surface area contributed by atoms with Gasteiger partial charge in [0.1, 0.15) is 5.75 Å². The molecule has 0 aromatic heterocycles. The molecule has 1 heterocycles. The van der Waals surface area contributed by atoms with Crippen LogP contribution in [0.4, 0.5) is 5.69 Å². The van der Waals surface area contributed by atoms with Crippen LogP contribution in [0.2, 0.25) is 0 Å². The zero-order valence-corrected chi connectivity index (χ0v) is 13.5. The Morgan fingerprint density at radius 1 is 1.08 bits per heavy atom. The van der Waals surface area contributed by atoms with Crippen LogP contribution in [0.5, 0.6) is 11.5 Å². The molecule has 134 valence electrons. The lowest BCUT2D eigenvalue weighted by molar-refractivity contribution is -0.385. The van der Waals surface area contributed by atoms with Crippen LogP contribution in [0.15, 0.2) is 29.4 Å². The minimum atomic E-state index is -0.809. The van der Waals surface area contributed by atoms with Gasteiger partial charge in [-0.3, -0.25) is 19.7 Å². The van der Waals surface area contributed by atoms with Gasteiger partial charge in [-0.15, -0.1) is 0 Å². The van der Waals surface area contributed by atoms with Crippen LogP contribution < -0.4 is 0 Å². The summed E-state index contributed by atoms with van der Waals surface area (Å²) >= 11 is 0. The van der Waals surface area contributed by atoms with Gasteiger partial charge in [0.15, 0.2) is 5.75 Å². The average Bonchev–Trinajstić information content (AvgIpc) is 2.88. The molecular weight excluding hydrogens is 342 g/mol. The van der Waals surface area contributed by atoms with Crippen LogP contribution in [0.3, 0.4) is 0 Å². The molecule has 5 rings (SSSR count). The van der Waals surface area contributed by atoms with E-state index in [4.69, 9.17) is 0 Å². The van der Waals surface area contributed by atoms with Crippen LogP contribution in [-0.4, -0.2) is 38.2 Å². The molecule has 0 radical (unpaired) electrons. The number of amides is 2. The summed E-state index contributed by atoms with van der Waals surface area (Å²) < 4.78 is 0. The maximum absolute atomic E-state index is 12.6. The molecule has 3 aliphatic carbocycles. The molecule has 4 aliphatic rings. The van der Waals surface area contributed by atoms with Gasteiger partial charge in [0, 0.05) is 17.7 Å². The summed E-state index contributed by atoms with van der Waals surface area (Å²) in [6, 6.07) is 1.74. The van der Waals surface area contributed by atoms with Gasteiger partial charge in [-0.25, -0.2) is 0 Å². The van der Waals surface area contributed by atoms with Gasteiger partial charge in [-0.1, -0.05) is 12.2 Å². The smallest absolute Gasteiger partial charge is 0.311 e. The minimum absolute atomic E-state index is 0.0322. The molecule has 1 saturated carbocycles. The van der Waals surface area contributed by atoms with Crippen LogP contribution in [0, 0.1) is 33.8 Å². The first-order chi connectivity index (χ1) is 12.4. The summed E-state index contributed by atoms with van der Waals surface area (Å²) in [6.07, 6.45) is 6.73. The molecule has 2 bridgehead atoms. The van der Waals surface area contributed by atoms with E-state index in [9.17, 15) is 29.9 Å². The fourth-order valence-corrected chi connectivity index (χ4v) is 4.12. The number of allylic oxidation sites excluding steroid dienone is 2. The Labute approximate surface area is 147 Å². The van der Waals surface area contributed by atoms with Crippen LogP contribution >= 0.6 is 0 Å². The van der Waals surface area contributed by atoms with Crippen molar-refractivity contribution in [3.63, 3.8) is 0 Å². The molecule has 9 nitrogen and oxygen atoms in total. The summed E-state index contributed by atoms with van der Waals surface area (Å²) in [6.45, 7) is 0. The van der Waals surface area contributed by atoms with E-state index in [0.717, 1.165) is 36.2 Å². The van der Waals surface area contributed by atoms with E-state index in [0.29, 0.717) is 0 Å². The normalized spacial score (nSPS) is 29.6. The first kappa shape index (κ1) is 16.2. The molecule has 2 amide bonds. The average molecular weight is 357 g/mol. The van der Waals surface area contributed by atoms with Crippen molar-refractivity contribution in [1.29, 1.82) is 0 Å². The molecule has 1 saturated heterocycles. The number of carbonyl (C=O) groups excluding carboxylic acids is 2. The number of nitrogens with zero attached hydrogens (tertiary/aromatic N) is 3. The summed E-state index contributed by atoms with van der Waals surface area (Å²) in [5.74, 6) is -2.67. The highest BCUT2D eigenvalue weighted by molar-refractivity contribution is 6.06. The van der Waals surface area contributed by atoms with Crippen molar-refractivity contribution in [2.75, 3.05) is 0 Å². The van der Waals surface area contributed by atoms with Gasteiger partial charge in [-0.2, -0.15) is 10.1 Å². The quantitative estimate of drug-likeness (QED) is 0.277. The van der Waals surface area contributed by atoms with E-state index >= 15 is 0 Å². The number of benzene rings is 1. The Morgan fingerprint density at radius 3 is 2.15 bits per heavy atom. The summed E-state index contributed by atoms with van der Waals surface area (Å²) in [5.41, 5.74) is -0.690. The maximum Gasteiger partial charge on any atom is 0.311 e. The molecule has 2 N–H and O–H groups in total. The number of aromatic hydroxyl groups is 2. The van der Waals surface area contributed by atoms with E-state index in [2.05, 4.69) is 5.10 Å². The number of nitro benzene ring substituents is 1. The number of imide groups is 1. The highest BCUT2D eigenvalue weighted by atomic mass is 16.6. The van der Waals surface area contributed by atoms with Gasteiger partial charge >= 0.3 is 5.69 Å². The Morgan fingerprint density at radius 2 is 1.65 bits per heavy atom. The predicted octanol–water partition coefficient (Wildman–Crippen LogP) is 1.54. The highest BCUT2D eigenvalue weighted by Crippen LogP contribution is 2.49. The number of rotatable bonds is 3. The lowest BCUT2D eigenvalue weighted by Gasteiger charge is -2.37. The second kappa shape index (κ2) is 5.65. The summed E-state index contributed by atoms with van der Waals surface area (Å²) in [5, 5.41) is 34.9. The minimum Gasteiger partial charge on any atom is -0.507 e. The fourth-order valence-electron chi connectivity index (χ4n) is 4.12. The number of nitro groups is 1. The van der Waals surface area contributed by atoms with Crippen LogP contribution in [-0.2, 0) is 9.59 Å². The molecule has 1 aromatic carbocycles. The van der Waals surface area contributed by atoms with E-state index in [-0.39, 0.29) is 29.2 Å². The number of carbonyl (C=O) groups is 2. The maximum atomic E-state index is 12.6. The first-order valence-electron chi connectivity index (χ1n) is 8.19. The largest absolute Gasteiger partial charge is 0.507 e. The first-order valence-corrected chi connectivity index (χ1v) is 8.19. The molecule has 9 heteroatoms. The number of phenols is 2. The molecule has 26 heavy (non-hydrogen) atoms. The Bertz CT molecular complexity index is 861. The number of fused-ring (bicyclic) bond motifs is 1. The molecule has 4 atom stereocenters. The highest BCUT2D eigenvalue weighted by Gasteiger charge is 2.56. The van der Waals surface area contributed by atoms with E-state index in [1.54, 1.807) is 0 Å². The molecular formula is C17H15N3O6. The lowest BCUT2D eigenvalue weighted by atomic mass is 9.63. The van der Waals surface area contributed by atoms with Crippen molar-refractivity contribution in [2.24, 2.45) is 28.8 Å². The molecule has 1 aliphatic heterocycles. The lowest BCUT2D eigenvalue weighted by Crippen LogP contribution is -2.38. The molecule has 2 fully saturated rings. The third-order valence-corrected chi connectivity index (χ3v) is 5.37. The standard InChI is InChI=1S/C17H15N3O6/c21-12-6-13(22)11(20(25)26)5-10(12)7-18-19-16(23)14-8-1-2-9(4-3-8)15(14)17(19)24/h1-2,5-9,14-15,21-22H,3-4H2/b18-7-/t8-,9+,14+,15-. The third kappa shape index (κ3) is 2.27. The summed E-state index contributed by atoms with van der Waals surface area (Å²) in [4.78, 5) is 35.3. The van der Waals surface area contributed by atoms with Crippen LogP contribution in [0.1, 0.15) is 18.4 Å². The van der Waals surface area contributed by atoms with E-state index in [1.807, 2.05) is 12.2 Å². The SMILES string of the molecule is O=C1[C@@H]2[C@H](C(=O)N1/N=C\c1cc([N+](=O)[O-])c(O)cc1O)[C@H]1C=C[C@@H]2CC1. The number of hydrogen-bond donors (Lipinski definition) is 2. The zero-order chi connectivity index (χ0) is 18.6. The van der Waals surface area contributed by atoms with Gasteiger partial charge in [0.05, 0.1) is 23.0 Å². The third-order valence-electron chi connectivity index (χ3n) is 5.37. The number of hydrazone groups is 1. The second-order valence-corrected chi connectivity index (χ2v) is 6.73. The topological polar surface area (TPSA) is 133 Å². The molecule has 0 spiro atoms. The van der Waals surface area contributed by atoms with E-state index < -0.39 is 33.9 Å². The van der Waals surface area contributed by atoms with Crippen molar-refractivity contribution in [3.8, 4) is 11.5 Å². The van der Waals surface area contributed by atoms with Gasteiger partial charge in [-0.05, 0) is 24.7 Å². The monoisotopic (exact) mass is 357 g/mol.